The summed E-state index contributed by atoms with van der Waals surface area (Å²) >= 11 is 0. The van der Waals surface area contributed by atoms with Gasteiger partial charge in [-0.15, -0.1) is 0 Å². The van der Waals surface area contributed by atoms with Gasteiger partial charge in [-0.05, 0) is 12.1 Å². The molecule has 0 unspecified atom stereocenters. The Bertz CT molecular complexity index is 368. The van der Waals surface area contributed by atoms with E-state index in [9.17, 15) is 4.79 Å². The molecule has 0 aromatic carbocycles. The summed E-state index contributed by atoms with van der Waals surface area (Å²) in [5.41, 5.74) is 0.713. The number of amides is 1. The number of aryl methyl sites for hydroxylation is 1. The van der Waals surface area contributed by atoms with Crippen molar-refractivity contribution < 1.29 is 4.79 Å². The second kappa shape index (κ2) is 5.84. The molecule has 1 aliphatic heterocycles. The van der Waals surface area contributed by atoms with E-state index in [0.29, 0.717) is 12.2 Å². The van der Waals surface area contributed by atoms with Gasteiger partial charge in [-0.1, -0.05) is 0 Å². The van der Waals surface area contributed by atoms with E-state index in [1.54, 1.807) is 0 Å². The van der Waals surface area contributed by atoms with Gasteiger partial charge < -0.3 is 15.2 Å². The number of nitrogens with zero attached hydrogens (tertiary/aromatic N) is 2. The second-order valence-electron chi connectivity index (χ2n) is 4.35. The Morgan fingerprint density at radius 3 is 2.88 bits per heavy atom. The Morgan fingerprint density at radius 2 is 2.24 bits per heavy atom. The molecule has 5 heteroatoms. The first kappa shape index (κ1) is 12.1. The Kier molecular flexibility index (Phi) is 4.17. The van der Waals surface area contributed by atoms with E-state index in [0.717, 1.165) is 32.7 Å². The third-order valence-corrected chi connectivity index (χ3v) is 3.10. The molecule has 0 spiro atoms. The van der Waals surface area contributed by atoms with Crippen molar-refractivity contribution >= 4 is 5.91 Å². The molecule has 5 nitrogen and oxygen atoms in total. The van der Waals surface area contributed by atoms with Crippen LogP contribution in [0.25, 0.3) is 0 Å². The highest BCUT2D eigenvalue weighted by atomic mass is 16.1. The molecule has 0 radical (unpaired) electrons. The number of carbonyl (C=O) groups excluding carboxylic acids is 1. The summed E-state index contributed by atoms with van der Waals surface area (Å²) in [4.78, 5) is 14.2. The quantitative estimate of drug-likeness (QED) is 0.752. The Balaban J connectivity index is 1.71. The molecule has 1 saturated heterocycles. The van der Waals surface area contributed by atoms with E-state index >= 15 is 0 Å². The van der Waals surface area contributed by atoms with Gasteiger partial charge in [0.15, 0.2) is 0 Å². The van der Waals surface area contributed by atoms with Crippen LogP contribution >= 0.6 is 0 Å². The lowest BCUT2D eigenvalue weighted by molar-refractivity contribution is 0.0939. The van der Waals surface area contributed by atoms with Gasteiger partial charge in [-0.2, -0.15) is 0 Å². The lowest BCUT2D eigenvalue weighted by atomic mass is 10.3. The zero-order chi connectivity index (χ0) is 12.1. The first-order chi connectivity index (χ1) is 8.27. The van der Waals surface area contributed by atoms with Crippen molar-refractivity contribution in [2.75, 3.05) is 39.3 Å². The predicted octanol–water partition coefficient (Wildman–Crippen LogP) is -0.340. The fourth-order valence-electron chi connectivity index (χ4n) is 2.05. The minimum atomic E-state index is 0.00707. The zero-order valence-electron chi connectivity index (χ0n) is 10.3. The smallest absolute Gasteiger partial charge is 0.267 e. The van der Waals surface area contributed by atoms with E-state index in [1.165, 1.54) is 0 Å². The van der Waals surface area contributed by atoms with Gasteiger partial charge in [-0.25, -0.2) is 0 Å². The monoisotopic (exact) mass is 236 g/mol. The first-order valence-corrected chi connectivity index (χ1v) is 6.10. The van der Waals surface area contributed by atoms with Crippen LogP contribution in [-0.2, 0) is 7.05 Å². The van der Waals surface area contributed by atoms with Crippen molar-refractivity contribution in [3.05, 3.63) is 24.0 Å². The Labute approximate surface area is 102 Å². The summed E-state index contributed by atoms with van der Waals surface area (Å²) in [5.74, 6) is 0.00707. The molecule has 94 valence electrons. The van der Waals surface area contributed by atoms with Crippen LogP contribution in [-0.4, -0.2) is 54.6 Å². The number of piperazine rings is 1. The molecule has 2 N–H and O–H groups in total. The molecule has 2 rings (SSSR count). The Hall–Kier alpha value is -1.33. The van der Waals surface area contributed by atoms with Gasteiger partial charge in [0.05, 0.1) is 0 Å². The summed E-state index contributed by atoms with van der Waals surface area (Å²) < 4.78 is 1.83. The molecule has 17 heavy (non-hydrogen) atoms. The van der Waals surface area contributed by atoms with Crippen LogP contribution in [0.2, 0.25) is 0 Å². The highest BCUT2D eigenvalue weighted by Gasteiger charge is 2.11. The minimum absolute atomic E-state index is 0.00707. The van der Waals surface area contributed by atoms with Crippen LogP contribution in [0.4, 0.5) is 0 Å². The summed E-state index contributed by atoms with van der Waals surface area (Å²) in [6.07, 6.45) is 1.88. The van der Waals surface area contributed by atoms with Crippen molar-refractivity contribution in [3.63, 3.8) is 0 Å². The molecular formula is C12H20N4O. The molecule has 0 bridgehead atoms. The average Bonchev–Trinajstić information content (AvgIpc) is 2.77. The van der Waals surface area contributed by atoms with Gasteiger partial charge in [0.2, 0.25) is 0 Å². The summed E-state index contributed by atoms with van der Waals surface area (Å²) in [6.45, 7) is 5.87. The van der Waals surface area contributed by atoms with Gasteiger partial charge in [0.25, 0.3) is 5.91 Å². The molecule has 2 heterocycles. The van der Waals surface area contributed by atoms with Crippen molar-refractivity contribution in [3.8, 4) is 0 Å². The lowest BCUT2D eigenvalue weighted by Gasteiger charge is -2.27. The van der Waals surface area contributed by atoms with Gasteiger partial charge in [0, 0.05) is 52.5 Å². The molecule has 1 fully saturated rings. The maximum atomic E-state index is 11.8. The maximum absolute atomic E-state index is 11.8. The van der Waals surface area contributed by atoms with E-state index in [1.807, 2.05) is 29.9 Å². The van der Waals surface area contributed by atoms with Crippen LogP contribution < -0.4 is 10.6 Å². The normalized spacial score (nSPS) is 17.0. The fourth-order valence-corrected chi connectivity index (χ4v) is 2.05. The van der Waals surface area contributed by atoms with E-state index in [4.69, 9.17) is 0 Å². The third kappa shape index (κ3) is 3.31. The average molecular weight is 236 g/mol. The van der Waals surface area contributed by atoms with Crippen molar-refractivity contribution in [1.82, 2.24) is 20.1 Å². The van der Waals surface area contributed by atoms with Crippen LogP contribution in [0.1, 0.15) is 10.5 Å². The molecular weight excluding hydrogens is 216 g/mol. The van der Waals surface area contributed by atoms with Crippen molar-refractivity contribution in [2.45, 2.75) is 0 Å². The number of aromatic nitrogens is 1. The van der Waals surface area contributed by atoms with Crippen LogP contribution in [0, 0.1) is 0 Å². The van der Waals surface area contributed by atoms with E-state index < -0.39 is 0 Å². The Morgan fingerprint density at radius 1 is 1.47 bits per heavy atom. The molecule has 1 aliphatic rings. The number of nitrogens with one attached hydrogen (secondary N) is 2. The highest BCUT2D eigenvalue weighted by molar-refractivity contribution is 5.92. The molecule has 0 aliphatic carbocycles. The summed E-state index contributed by atoms with van der Waals surface area (Å²) in [7, 11) is 1.88. The largest absolute Gasteiger partial charge is 0.349 e. The second-order valence-corrected chi connectivity index (χ2v) is 4.35. The molecule has 1 aromatic rings. The molecule has 1 aromatic heterocycles. The third-order valence-electron chi connectivity index (χ3n) is 3.10. The van der Waals surface area contributed by atoms with Gasteiger partial charge in [-0.3, -0.25) is 9.69 Å². The molecule has 0 saturated carbocycles. The van der Waals surface area contributed by atoms with Gasteiger partial charge in [0.1, 0.15) is 5.69 Å². The van der Waals surface area contributed by atoms with Crippen molar-refractivity contribution in [1.29, 1.82) is 0 Å². The SMILES string of the molecule is Cn1cccc1C(=O)NCCN1CCNCC1. The minimum Gasteiger partial charge on any atom is -0.349 e. The lowest BCUT2D eigenvalue weighted by Crippen LogP contribution is -2.46. The molecule has 1 amide bonds. The van der Waals surface area contributed by atoms with Gasteiger partial charge >= 0.3 is 0 Å². The maximum Gasteiger partial charge on any atom is 0.267 e. The van der Waals surface area contributed by atoms with Crippen LogP contribution in [0.3, 0.4) is 0 Å². The molecule has 0 atom stereocenters. The van der Waals surface area contributed by atoms with Crippen molar-refractivity contribution in [2.24, 2.45) is 7.05 Å². The zero-order valence-corrected chi connectivity index (χ0v) is 10.3. The number of hydrogen-bond donors (Lipinski definition) is 2. The summed E-state index contributed by atoms with van der Waals surface area (Å²) in [5, 5.41) is 6.26. The number of carbonyl (C=O) groups is 1. The van der Waals surface area contributed by atoms with Crippen LogP contribution in [0.5, 0.6) is 0 Å². The number of hydrogen-bond acceptors (Lipinski definition) is 3. The van der Waals surface area contributed by atoms with Crippen LogP contribution in [0.15, 0.2) is 18.3 Å². The number of rotatable bonds is 4. The first-order valence-electron chi connectivity index (χ1n) is 6.10. The summed E-state index contributed by atoms with van der Waals surface area (Å²) in [6, 6.07) is 3.71. The highest BCUT2D eigenvalue weighted by Crippen LogP contribution is 1.98. The predicted molar refractivity (Wildman–Crippen MR) is 67.1 cm³/mol. The van der Waals surface area contributed by atoms with E-state index in [-0.39, 0.29) is 5.91 Å². The fraction of sp³-hybridized carbons (Fsp3) is 0.583. The topological polar surface area (TPSA) is 49.3 Å². The van der Waals surface area contributed by atoms with E-state index in [2.05, 4.69) is 15.5 Å². The standard InChI is InChI=1S/C12H20N4O/c1-15-7-2-3-11(15)12(17)14-6-10-16-8-4-13-5-9-16/h2-3,7,13H,4-6,8-10H2,1H3,(H,14,17).